The Balaban J connectivity index is 2.46. The highest BCUT2D eigenvalue weighted by Crippen LogP contribution is 2.00. The maximum absolute atomic E-state index is 6.80. The van der Waals surface area contributed by atoms with Crippen LogP contribution in [0.3, 0.4) is 0 Å². The lowest BCUT2D eigenvalue weighted by Crippen LogP contribution is -2.11. The number of nitrogens with zero attached hydrogens (tertiary/aromatic N) is 1. The Hall–Kier alpha value is -0.570. The highest BCUT2D eigenvalue weighted by atomic mass is 35.5. The third-order valence-electron chi connectivity index (χ3n) is 0.773. The molecule has 0 aromatic heterocycles. The van der Waals surface area contributed by atoms with E-state index in [1.807, 2.05) is 0 Å². The molecule has 0 spiro atoms. The van der Waals surface area contributed by atoms with Crippen molar-refractivity contribution in [3.05, 3.63) is 0 Å². The summed E-state index contributed by atoms with van der Waals surface area (Å²) in [4.78, 5) is 3.54. The molecule has 0 fully saturated rings. The van der Waals surface area contributed by atoms with Crippen molar-refractivity contribution >= 4 is 23.8 Å². The lowest BCUT2D eigenvalue weighted by Gasteiger charge is -1.99. The van der Waals surface area contributed by atoms with Crippen molar-refractivity contribution < 1.29 is 4.74 Å². The van der Waals surface area contributed by atoms with Gasteiger partial charge in [-0.15, -0.1) is 11.6 Å². The van der Waals surface area contributed by atoms with Gasteiger partial charge in [0.1, 0.15) is 0 Å². The molecule has 1 aliphatic heterocycles. The number of rotatable bonds is 1. The standard InChI is InChI=1S/C4H5ClN2O/c5-1-3-2-7-4(6)8-3/h2-3,6H,1H2. The third-order valence-corrected chi connectivity index (χ3v) is 1.08. The predicted molar refractivity (Wildman–Crippen MR) is 31.8 cm³/mol. The van der Waals surface area contributed by atoms with Gasteiger partial charge in [-0.05, 0) is 0 Å². The van der Waals surface area contributed by atoms with E-state index in [1.54, 1.807) is 0 Å². The molecule has 1 N–H and O–H groups in total. The first-order chi connectivity index (χ1) is 3.83. The second-order valence-electron chi connectivity index (χ2n) is 1.39. The monoisotopic (exact) mass is 132 g/mol. The molecule has 0 radical (unpaired) electrons. The first-order valence-electron chi connectivity index (χ1n) is 2.18. The number of hydrogen-bond donors (Lipinski definition) is 1. The van der Waals surface area contributed by atoms with E-state index in [9.17, 15) is 0 Å². The highest BCUT2D eigenvalue weighted by Gasteiger charge is 2.12. The molecular weight excluding hydrogens is 128 g/mol. The molecule has 1 unspecified atom stereocenters. The summed E-state index contributed by atoms with van der Waals surface area (Å²) in [7, 11) is 0. The fraction of sp³-hybridized carbons (Fsp3) is 0.500. The van der Waals surface area contributed by atoms with Gasteiger partial charge in [0.05, 0.1) is 12.1 Å². The minimum absolute atomic E-state index is 0.0457. The van der Waals surface area contributed by atoms with E-state index in [0.717, 1.165) is 0 Å². The molecule has 0 aromatic rings. The molecule has 4 heteroatoms. The van der Waals surface area contributed by atoms with Crippen LogP contribution in [0, 0.1) is 5.41 Å². The second-order valence-corrected chi connectivity index (χ2v) is 1.70. The molecule has 0 bridgehead atoms. The van der Waals surface area contributed by atoms with Crippen LogP contribution >= 0.6 is 11.6 Å². The maximum Gasteiger partial charge on any atom is 0.309 e. The zero-order valence-electron chi connectivity index (χ0n) is 4.10. The van der Waals surface area contributed by atoms with E-state index in [2.05, 4.69) is 4.99 Å². The van der Waals surface area contributed by atoms with Crippen molar-refractivity contribution in [2.75, 3.05) is 5.88 Å². The van der Waals surface area contributed by atoms with Gasteiger partial charge in [0.15, 0.2) is 6.10 Å². The molecule has 0 amide bonds. The third kappa shape index (κ3) is 0.980. The van der Waals surface area contributed by atoms with Crippen LogP contribution < -0.4 is 0 Å². The van der Waals surface area contributed by atoms with Crippen molar-refractivity contribution in [1.29, 1.82) is 5.41 Å². The minimum Gasteiger partial charge on any atom is -0.453 e. The normalized spacial score (nSPS) is 26.1. The van der Waals surface area contributed by atoms with Gasteiger partial charge in [-0.25, -0.2) is 10.4 Å². The summed E-state index contributed by atoms with van der Waals surface area (Å²) in [6.07, 6.45) is 1.35. The first-order valence-corrected chi connectivity index (χ1v) is 2.71. The summed E-state index contributed by atoms with van der Waals surface area (Å²) < 4.78 is 4.74. The van der Waals surface area contributed by atoms with Crippen molar-refractivity contribution in [2.45, 2.75) is 6.10 Å². The van der Waals surface area contributed by atoms with Crippen molar-refractivity contribution in [1.82, 2.24) is 0 Å². The summed E-state index contributed by atoms with van der Waals surface area (Å²) in [5.74, 6) is 0.367. The highest BCUT2D eigenvalue weighted by molar-refractivity contribution is 6.19. The van der Waals surface area contributed by atoms with Crippen LogP contribution in [0.25, 0.3) is 0 Å². The van der Waals surface area contributed by atoms with Gasteiger partial charge in [0.25, 0.3) is 0 Å². The summed E-state index contributed by atoms with van der Waals surface area (Å²) in [6, 6.07) is -0.0457. The predicted octanol–water partition coefficient (Wildman–Crippen LogP) is 0.630. The van der Waals surface area contributed by atoms with E-state index in [-0.39, 0.29) is 12.1 Å². The summed E-state index contributed by atoms with van der Waals surface area (Å²) in [5.41, 5.74) is 0. The number of aliphatic imine (C=N–C) groups is 1. The molecule has 0 saturated carbocycles. The Morgan fingerprint density at radius 2 is 2.75 bits per heavy atom. The number of ether oxygens (including phenoxy) is 1. The molecule has 44 valence electrons. The van der Waals surface area contributed by atoms with E-state index < -0.39 is 0 Å². The molecule has 0 aliphatic carbocycles. The van der Waals surface area contributed by atoms with Crippen LogP contribution in [0.15, 0.2) is 4.99 Å². The van der Waals surface area contributed by atoms with Gasteiger partial charge in [-0.1, -0.05) is 0 Å². The molecule has 0 saturated heterocycles. The van der Waals surface area contributed by atoms with E-state index in [0.29, 0.717) is 5.88 Å². The SMILES string of the molecule is N=C1N=CC(CCl)O1. The Bertz CT molecular complexity index is 134. The van der Waals surface area contributed by atoms with Gasteiger partial charge >= 0.3 is 6.02 Å². The van der Waals surface area contributed by atoms with Crippen molar-refractivity contribution in [2.24, 2.45) is 4.99 Å². The summed E-state index contributed by atoms with van der Waals surface area (Å²) in [5, 5.41) is 6.80. The second kappa shape index (κ2) is 2.13. The van der Waals surface area contributed by atoms with Crippen LogP contribution in [0.1, 0.15) is 0 Å². The summed E-state index contributed by atoms with van der Waals surface area (Å²) in [6.45, 7) is 0. The number of hydrogen-bond acceptors (Lipinski definition) is 2. The van der Waals surface area contributed by atoms with E-state index >= 15 is 0 Å². The Labute approximate surface area is 51.8 Å². The van der Waals surface area contributed by atoms with Gasteiger partial charge in [0, 0.05) is 0 Å². The van der Waals surface area contributed by atoms with E-state index in [4.69, 9.17) is 21.7 Å². The van der Waals surface area contributed by atoms with Crippen LogP contribution in [0.4, 0.5) is 0 Å². The van der Waals surface area contributed by atoms with Crippen molar-refractivity contribution in [3.63, 3.8) is 0 Å². The fourth-order valence-corrected chi connectivity index (χ4v) is 0.569. The Kier molecular flexibility index (Phi) is 1.48. The van der Waals surface area contributed by atoms with Gasteiger partial charge in [-0.2, -0.15) is 0 Å². The fourth-order valence-electron chi connectivity index (χ4n) is 0.426. The van der Waals surface area contributed by atoms with Crippen LogP contribution in [0.5, 0.6) is 0 Å². The van der Waals surface area contributed by atoms with Crippen LogP contribution in [-0.2, 0) is 4.74 Å². The average Bonchev–Trinajstić information content (AvgIpc) is 2.14. The van der Waals surface area contributed by atoms with Crippen LogP contribution in [-0.4, -0.2) is 24.2 Å². The van der Waals surface area contributed by atoms with Crippen LogP contribution in [0.2, 0.25) is 0 Å². The smallest absolute Gasteiger partial charge is 0.309 e. The molecule has 1 aliphatic rings. The molecule has 1 rings (SSSR count). The average molecular weight is 133 g/mol. The molecule has 8 heavy (non-hydrogen) atoms. The molecular formula is C4H5ClN2O. The maximum atomic E-state index is 6.80. The first kappa shape index (κ1) is 5.56. The largest absolute Gasteiger partial charge is 0.453 e. The van der Waals surface area contributed by atoms with Gasteiger partial charge in [0.2, 0.25) is 0 Å². The number of alkyl halides is 1. The lowest BCUT2D eigenvalue weighted by atomic mass is 10.5. The molecule has 0 aromatic carbocycles. The lowest BCUT2D eigenvalue weighted by molar-refractivity contribution is 0.288. The number of amidine groups is 1. The van der Waals surface area contributed by atoms with E-state index in [1.165, 1.54) is 6.21 Å². The Morgan fingerprint density at radius 1 is 2.00 bits per heavy atom. The van der Waals surface area contributed by atoms with Gasteiger partial charge in [-0.3, -0.25) is 0 Å². The van der Waals surface area contributed by atoms with Crippen molar-refractivity contribution in [3.8, 4) is 0 Å². The zero-order chi connectivity index (χ0) is 5.98. The van der Waals surface area contributed by atoms with Gasteiger partial charge < -0.3 is 4.74 Å². The molecule has 3 nitrogen and oxygen atoms in total. The number of nitrogens with one attached hydrogen (secondary N) is 1. The minimum atomic E-state index is -0.177. The Morgan fingerprint density at radius 3 is 3.00 bits per heavy atom. The zero-order valence-corrected chi connectivity index (χ0v) is 4.85. The quantitative estimate of drug-likeness (QED) is 0.523. The molecule has 1 atom stereocenters. The summed E-state index contributed by atoms with van der Waals surface area (Å²) >= 11 is 5.36. The topological polar surface area (TPSA) is 45.4 Å². The number of halogens is 1. The molecule has 1 heterocycles.